The van der Waals surface area contributed by atoms with Crippen LogP contribution in [0, 0.1) is 17.2 Å². The van der Waals surface area contributed by atoms with Crippen LogP contribution in [0.1, 0.15) is 39.6 Å². The summed E-state index contributed by atoms with van der Waals surface area (Å²) in [5, 5.41) is 15.6. The highest BCUT2D eigenvalue weighted by molar-refractivity contribution is 5.98. The van der Waals surface area contributed by atoms with Gasteiger partial charge in [-0.3, -0.25) is 4.79 Å². The SMILES string of the molecule is COC(=O)C(CF)(CF)NC(=O)c1nn(-c2cc(C#N)ccn2)c2c1C[C@H]1C[C@@H]21. The van der Waals surface area contributed by atoms with Gasteiger partial charge in [0.15, 0.2) is 17.1 Å². The molecule has 4 rings (SSSR count). The number of carbonyl (C=O) groups excluding carboxylic acids is 2. The van der Waals surface area contributed by atoms with Crippen LogP contribution in [0.3, 0.4) is 0 Å². The summed E-state index contributed by atoms with van der Waals surface area (Å²) in [5.74, 6) is -1.09. The van der Waals surface area contributed by atoms with Crippen LogP contribution in [0.15, 0.2) is 18.3 Å². The summed E-state index contributed by atoms with van der Waals surface area (Å²) < 4.78 is 33.0. The van der Waals surface area contributed by atoms with Crippen molar-refractivity contribution in [2.45, 2.75) is 24.3 Å². The zero-order valence-electron chi connectivity index (χ0n) is 15.5. The number of esters is 1. The van der Waals surface area contributed by atoms with Crippen LogP contribution in [0.4, 0.5) is 8.78 Å². The van der Waals surface area contributed by atoms with Gasteiger partial charge < -0.3 is 10.1 Å². The number of methoxy groups -OCH3 is 1. The van der Waals surface area contributed by atoms with Gasteiger partial charge in [-0.05, 0) is 24.8 Å². The number of aromatic nitrogens is 3. The molecule has 0 bridgehead atoms. The Morgan fingerprint density at radius 3 is 2.86 bits per heavy atom. The minimum atomic E-state index is -2.41. The summed E-state index contributed by atoms with van der Waals surface area (Å²) in [6.07, 6.45) is 3.03. The Labute approximate surface area is 164 Å². The first-order valence-electron chi connectivity index (χ1n) is 8.99. The fourth-order valence-electron chi connectivity index (χ4n) is 3.81. The number of nitriles is 1. The number of pyridine rings is 1. The normalized spacial score (nSPS) is 19.1. The van der Waals surface area contributed by atoms with E-state index in [2.05, 4.69) is 20.1 Å². The van der Waals surface area contributed by atoms with E-state index in [0.717, 1.165) is 19.2 Å². The third-order valence-corrected chi connectivity index (χ3v) is 5.46. The van der Waals surface area contributed by atoms with Crippen LogP contribution < -0.4 is 5.32 Å². The quantitative estimate of drug-likeness (QED) is 0.733. The van der Waals surface area contributed by atoms with Crippen molar-refractivity contribution in [3.63, 3.8) is 0 Å². The van der Waals surface area contributed by atoms with Crippen LogP contribution in [0.2, 0.25) is 0 Å². The molecule has 0 radical (unpaired) electrons. The third-order valence-electron chi connectivity index (χ3n) is 5.46. The zero-order chi connectivity index (χ0) is 20.8. The van der Waals surface area contributed by atoms with Crippen LogP contribution in [0.5, 0.6) is 0 Å². The molecule has 2 aromatic heterocycles. The Kier molecular flexibility index (Phi) is 4.53. The van der Waals surface area contributed by atoms with E-state index < -0.39 is 30.8 Å². The maximum absolute atomic E-state index is 13.5. The molecular formula is C19H17F2N5O3. The first kappa shape index (κ1) is 19.0. The molecule has 150 valence electrons. The van der Waals surface area contributed by atoms with Gasteiger partial charge in [0.2, 0.25) is 0 Å². The number of nitrogens with zero attached hydrogens (tertiary/aromatic N) is 4. The van der Waals surface area contributed by atoms with Gasteiger partial charge in [-0.1, -0.05) is 0 Å². The van der Waals surface area contributed by atoms with Gasteiger partial charge in [0.1, 0.15) is 13.3 Å². The molecule has 29 heavy (non-hydrogen) atoms. The van der Waals surface area contributed by atoms with Crippen molar-refractivity contribution in [1.29, 1.82) is 5.26 Å². The standard InChI is InChI=1S/C19H17F2N5O3/c1-29-18(28)19(8-20,9-21)24-17(27)15-13-6-11-5-12(11)16(13)26(25-15)14-4-10(7-22)2-3-23-14/h2-4,11-12H,5-6,8-9H2,1H3,(H,24,27)/t11-,12-/m1/s1. The number of ether oxygens (including phenoxy) is 1. The summed E-state index contributed by atoms with van der Waals surface area (Å²) in [5.41, 5.74) is -0.554. The lowest BCUT2D eigenvalue weighted by Crippen LogP contribution is -2.58. The number of hydrogen-bond acceptors (Lipinski definition) is 6. The van der Waals surface area contributed by atoms with Crippen molar-refractivity contribution in [1.82, 2.24) is 20.1 Å². The van der Waals surface area contributed by atoms with E-state index in [4.69, 9.17) is 5.26 Å². The molecule has 0 aliphatic heterocycles. The molecule has 2 aliphatic rings. The number of carbonyl (C=O) groups is 2. The molecule has 2 aliphatic carbocycles. The maximum Gasteiger partial charge on any atom is 0.337 e. The Balaban J connectivity index is 1.74. The number of nitrogens with one attached hydrogen (secondary N) is 1. The highest BCUT2D eigenvalue weighted by Gasteiger charge is 2.51. The number of halogens is 2. The van der Waals surface area contributed by atoms with Gasteiger partial charge in [-0.15, -0.1) is 0 Å². The Hall–Kier alpha value is -3.35. The van der Waals surface area contributed by atoms with Crippen molar-refractivity contribution in [3.05, 3.63) is 40.8 Å². The highest BCUT2D eigenvalue weighted by atomic mass is 19.1. The average Bonchev–Trinajstić information content (AvgIpc) is 3.26. The van der Waals surface area contributed by atoms with Gasteiger partial charge in [-0.25, -0.2) is 23.2 Å². The summed E-state index contributed by atoms with van der Waals surface area (Å²) in [4.78, 5) is 28.9. The molecule has 0 spiro atoms. The molecule has 8 nitrogen and oxygen atoms in total. The molecule has 0 aromatic carbocycles. The zero-order valence-corrected chi connectivity index (χ0v) is 15.5. The van der Waals surface area contributed by atoms with Gasteiger partial charge in [0.25, 0.3) is 5.91 Å². The van der Waals surface area contributed by atoms with Crippen LogP contribution >= 0.6 is 0 Å². The number of rotatable bonds is 6. The minimum Gasteiger partial charge on any atom is -0.467 e. The van der Waals surface area contributed by atoms with E-state index in [9.17, 15) is 18.4 Å². The van der Waals surface area contributed by atoms with Crippen molar-refractivity contribution in [2.75, 3.05) is 20.5 Å². The fourth-order valence-corrected chi connectivity index (χ4v) is 3.81. The smallest absolute Gasteiger partial charge is 0.337 e. The molecule has 2 heterocycles. The van der Waals surface area contributed by atoms with Crippen molar-refractivity contribution < 1.29 is 23.1 Å². The number of hydrogen-bond donors (Lipinski definition) is 1. The summed E-state index contributed by atoms with van der Waals surface area (Å²) in [6, 6.07) is 5.12. The van der Waals surface area contributed by atoms with Crippen LogP contribution in [-0.2, 0) is 16.0 Å². The monoisotopic (exact) mass is 401 g/mol. The van der Waals surface area contributed by atoms with Gasteiger partial charge in [0, 0.05) is 23.7 Å². The van der Waals surface area contributed by atoms with E-state index in [1.165, 1.54) is 10.9 Å². The lowest BCUT2D eigenvalue weighted by Gasteiger charge is -2.25. The van der Waals surface area contributed by atoms with Crippen molar-refractivity contribution >= 4 is 11.9 Å². The van der Waals surface area contributed by atoms with Crippen LogP contribution in [0.25, 0.3) is 5.82 Å². The molecule has 0 saturated heterocycles. The number of alkyl halides is 2. The lowest BCUT2D eigenvalue weighted by molar-refractivity contribution is -0.149. The van der Waals surface area contributed by atoms with Gasteiger partial charge >= 0.3 is 5.97 Å². The van der Waals surface area contributed by atoms with E-state index >= 15 is 0 Å². The molecule has 1 fully saturated rings. The first-order valence-corrected chi connectivity index (χ1v) is 8.99. The Morgan fingerprint density at radius 2 is 2.21 bits per heavy atom. The van der Waals surface area contributed by atoms with E-state index in [-0.39, 0.29) is 11.6 Å². The number of amides is 1. The molecular weight excluding hydrogens is 384 g/mol. The summed E-state index contributed by atoms with van der Waals surface area (Å²) in [6.45, 7) is -2.91. The van der Waals surface area contributed by atoms with Crippen molar-refractivity contribution in [3.8, 4) is 11.9 Å². The lowest BCUT2D eigenvalue weighted by atomic mass is 10.0. The topological polar surface area (TPSA) is 110 Å². The molecule has 2 aromatic rings. The maximum atomic E-state index is 13.5. The average molecular weight is 401 g/mol. The van der Waals surface area contributed by atoms with E-state index in [1.807, 2.05) is 6.07 Å². The Morgan fingerprint density at radius 1 is 1.45 bits per heavy atom. The fraction of sp³-hybridized carbons (Fsp3) is 0.421. The summed E-state index contributed by atoms with van der Waals surface area (Å²) in [7, 11) is 0.988. The first-order chi connectivity index (χ1) is 14.0. The van der Waals surface area contributed by atoms with E-state index in [0.29, 0.717) is 29.3 Å². The minimum absolute atomic E-state index is 0.00783. The van der Waals surface area contributed by atoms with Gasteiger partial charge in [0.05, 0.1) is 24.4 Å². The molecule has 1 amide bonds. The second-order valence-electron chi connectivity index (χ2n) is 7.24. The van der Waals surface area contributed by atoms with Crippen molar-refractivity contribution in [2.24, 2.45) is 5.92 Å². The number of fused-ring (bicyclic) bond motifs is 3. The largest absolute Gasteiger partial charge is 0.467 e. The molecule has 10 heteroatoms. The summed E-state index contributed by atoms with van der Waals surface area (Å²) >= 11 is 0. The molecule has 1 saturated carbocycles. The second-order valence-corrected chi connectivity index (χ2v) is 7.24. The predicted octanol–water partition coefficient (Wildman–Crippen LogP) is 1.38. The second kappa shape index (κ2) is 6.92. The highest BCUT2D eigenvalue weighted by Crippen LogP contribution is 2.57. The Bertz CT molecular complexity index is 1040. The predicted molar refractivity (Wildman–Crippen MR) is 94.8 cm³/mol. The molecule has 1 N–H and O–H groups in total. The van der Waals surface area contributed by atoms with Gasteiger partial charge in [-0.2, -0.15) is 10.4 Å². The van der Waals surface area contributed by atoms with Crippen LogP contribution in [-0.4, -0.2) is 52.6 Å². The third kappa shape index (κ3) is 2.93. The van der Waals surface area contributed by atoms with E-state index in [1.54, 1.807) is 12.1 Å². The molecule has 2 atom stereocenters. The molecule has 0 unspecified atom stereocenters.